The van der Waals surface area contributed by atoms with Crippen molar-refractivity contribution in [1.29, 1.82) is 0 Å². The molecule has 32 heavy (non-hydrogen) atoms. The number of hydrogen-bond acceptors (Lipinski definition) is 4. The van der Waals surface area contributed by atoms with Crippen molar-refractivity contribution in [1.82, 2.24) is 14.5 Å². The first-order chi connectivity index (χ1) is 15.4. The van der Waals surface area contributed by atoms with Gasteiger partial charge in [-0.2, -0.15) is 0 Å². The third-order valence-corrected chi connectivity index (χ3v) is 7.18. The van der Waals surface area contributed by atoms with Crippen LogP contribution in [0.1, 0.15) is 33.1 Å². The first-order valence-corrected chi connectivity index (χ1v) is 12.2. The molecule has 1 aliphatic heterocycles. The minimum absolute atomic E-state index is 0.0928. The SMILES string of the molecule is C[C@@H]1CCC[C@@H](C)N1C(=O)Cn1c(SCC(=O)Nc2ccccc2Cl)nc2ccccc21. The van der Waals surface area contributed by atoms with Crippen LogP contribution >= 0.6 is 23.4 Å². The van der Waals surface area contributed by atoms with E-state index in [1.165, 1.54) is 11.8 Å². The fourth-order valence-corrected chi connectivity index (χ4v) is 5.32. The van der Waals surface area contributed by atoms with Crippen LogP contribution in [-0.2, 0) is 16.1 Å². The predicted octanol–water partition coefficient (Wildman–Crippen LogP) is 5.21. The normalized spacial score (nSPS) is 18.7. The molecule has 0 saturated carbocycles. The summed E-state index contributed by atoms with van der Waals surface area (Å²) < 4.78 is 1.93. The largest absolute Gasteiger partial charge is 0.336 e. The fourth-order valence-electron chi connectivity index (χ4n) is 4.33. The zero-order chi connectivity index (χ0) is 22.7. The summed E-state index contributed by atoms with van der Waals surface area (Å²) in [5, 5.41) is 3.99. The zero-order valence-electron chi connectivity index (χ0n) is 18.3. The number of hydrogen-bond donors (Lipinski definition) is 1. The number of aromatic nitrogens is 2. The van der Waals surface area contributed by atoms with Gasteiger partial charge in [0.05, 0.1) is 27.5 Å². The van der Waals surface area contributed by atoms with Gasteiger partial charge >= 0.3 is 0 Å². The van der Waals surface area contributed by atoms with Crippen LogP contribution in [0.25, 0.3) is 11.0 Å². The van der Waals surface area contributed by atoms with Crippen molar-refractivity contribution in [2.24, 2.45) is 0 Å². The number of fused-ring (bicyclic) bond motifs is 1. The second-order valence-electron chi connectivity index (χ2n) is 8.22. The molecule has 0 bridgehead atoms. The number of rotatable bonds is 6. The van der Waals surface area contributed by atoms with Crippen molar-refractivity contribution < 1.29 is 9.59 Å². The van der Waals surface area contributed by atoms with Gasteiger partial charge < -0.3 is 14.8 Å². The lowest BCUT2D eigenvalue weighted by Crippen LogP contribution is -2.48. The van der Waals surface area contributed by atoms with Crippen LogP contribution in [0, 0.1) is 0 Å². The molecule has 0 radical (unpaired) electrons. The molecule has 4 rings (SSSR count). The molecule has 0 aliphatic carbocycles. The Morgan fingerprint density at radius 2 is 1.78 bits per heavy atom. The summed E-state index contributed by atoms with van der Waals surface area (Å²) in [6.45, 7) is 4.45. The molecule has 1 aromatic heterocycles. The highest BCUT2D eigenvalue weighted by molar-refractivity contribution is 7.99. The molecular weight excluding hydrogens is 444 g/mol. The van der Waals surface area contributed by atoms with E-state index in [1.54, 1.807) is 12.1 Å². The summed E-state index contributed by atoms with van der Waals surface area (Å²) in [5.41, 5.74) is 2.29. The van der Waals surface area contributed by atoms with Gasteiger partial charge in [0.2, 0.25) is 11.8 Å². The minimum Gasteiger partial charge on any atom is -0.336 e. The van der Waals surface area contributed by atoms with Gasteiger partial charge in [0.1, 0.15) is 6.54 Å². The molecule has 6 nitrogen and oxygen atoms in total. The molecule has 2 atom stereocenters. The smallest absolute Gasteiger partial charge is 0.243 e. The molecule has 168 valence electrons. The number of nitrogens with zero attached hydrogens (tertiary/aromatic N) is 3. The standard InChI is InChI=1S/C24H27ClN4O2S/c1-16-8-7-9-17(2)29(16)23(31)14-28-21-13-6-5-12-20(21)27-24(28)32-15-22(30)26-19-11-4-3-10-18(19)25/h3-6,10-13,16-17H,7-9,14-15H2,1-2H3,(H,26,30)/t16-,17-/m1/s1. The zero-order valence-corrected chi connectivity index (χ0v) is 19.8. The number of nitrogens with one attached hydrogen (secondary N) is 1. The topological polar surface area (TPSA) is 67.2 Å². The van der Waals surface area contributed by atoms with E-state index < -0.39 is 0 Å². The highest BCUT2D eigenvalue weighted by Gasteiger charge is 2.29. The van der Waals surface area contributed by atoms with Gasteiger partial charge in [-0.05, 0) is 57.4 Å². The lowest BCUT2D eigenvalue weighted by molar-refractivity contribution is -0.138. The number of amides is 2. The Morgan fingerprint density at radius 3 is 2.53 bits per heavy atom. The molecule has 1 N–H and O–H groups in total. The first-order valence-electron chi connectivity index (χ1n) is 10.9. The maximum absolute atomic E-state index is 13.3. The highest BCUT2D eigenvalue weighted by atomic mass is 35.5. The quantitative estimate of drug-likeness (QED) is 0.502. The summed E-state index contributed by atoms with van der Waals surface area (Å²) >= 11 is 7.46. The number of carbonyl (C=O) groups is 2. The lowest BCUT2D eigenvalue weighted by atomic mass is 9.97. The van der Waals surface area contributed by atoms with E-state index in [-0.39, 0.29) is 36.2 Å². The van der Waals surface area contributed by atoms with Gasteiger partial charge in [-0.3, -0.25) is 9.59 Å². The number of halogens is 1. The Kier molecular flexibility index (Phi) is 7.06. The molecule has 2 aromatic carbocycles. The summed E-state index contributed by atoms with van der Waals surface area (Å²) in [5.74, 6) is 0.0840. The van der Waals surface area contributed by atoms with E-state index in [1.807, 2.05) is 45.9 Å². The van der Waals surface area contributed by atoms with Crippen LogP contribution in [0.3, 0.4) is 0 Å². The Hall–Kier alpha value is -2.51. The average Bonchev–Trinajstić information content (AvgIpc) is 3.11. The van der Waals surface area contributed by atoms with Crippen molar-refractivity contribution in [3.05, 3.63) is 53.6 Å². The van der Waals surface area contributed by atoms with E-state index in [0.717, 1.165) is 30.3 Å². The second kappa shape index (κ2) is 9.96. The van der Waals surface area contributed by atoms with Crippen LogP contribution < -0.4 is 5.32 Å². The molecule has 2 heterocycles. The van der Waals surface area contributed by atoms with Crippen LogP contribution in [0.15, 0.2) is 53.7 Å². The molecule has 1 fully saturated rings. The van der Waals surface area contributed by atoms with Crippen molar-refractivity contribution in [3.8, 4) is 0 Å². The summed E-state index contributed by atoms with van der Waals surface area (Å²) in [4.78, 5) is 32.5. The van der Waals surface area contributed by atoms with Crippen LogP contribution in [-0.4, -0.2) is 44.1 Å². The van der Waals surface area contributed by atoms with Crippen LogP contribution in [0.5, 0.6) is 0 Å². The van der Waals surface area contributed by atoms with Gasteiger partial charge in [-0.1, -0.05) is 47.6 Å². The summed E-state index contributed by atoms with van der Waals surface area (Å²) in [7, 11) is 0. The van der Waals surface area contributed by atoms with Crippen molar-refractivity contribution in [3.63, 3.8) is 0 Å². The maximum Gasteiger partial charge on any atom is 0.243 e. The van der Waals surface area contributed by atoms with Gasteiger partial charge in [-0.25, -0.2) is 4.98 Å². The number of benzene rings is 2. The lowest BCUT2D eigenvalue weighted by Gasteiger charge is -2.39. The van der Waals surface area contributed by atoms with Gasteiger partial charge in [0, 0.05) is 12.1 Å². The average molecular weight is 471 g/mol. The van der Waals surface area contributed by atoms with Crippen molar-refractivity contribution >= 4 is 51.9 Å². The number of likely N-dealkylation sites (tertiary alicyclic amines) is 1. The Balaban J connectivity index is 1.52. The summed E-state index contributed by atoms with van der Waals surface area (Å²) in [6, 6.07) is 15.4. The van der Waals surface area contributed by atoms with E-state index in [9.17, 15) is 9.59 Å². The Labute approximate surface area is 197 Å². The van der Waals surface area contributed by atoms with Crippen LogP contribution in [0.2, 0.25) is 5.02 Å². The highest BCUT2D eigenvalue weighted by Crippen LogP contribution is 2.27. The molecule has 0 unspecified atom stereocenters. The maximum atomic E-state index is 13.3. The minimum atomic E-state index is -0.175. The van der Waals surface area contributed by atoms with Gasteiger partial charge in [-0.15, -0.1) is 0 Å². The number of anilines is 1. The van der Waals surface area contributed by atoms with E-state index in [0.29, 0.717) is 15.9 Å². The molecule has 1 saturated heterocycles. The van der Waals surface area contributed by atoms with E-state index >= 15 is 0 Å². The van der Waals surface area contributed by atoms with Gasteiger partial charge in [0.15, 0.2) is 5.16 Å². The van der Waals surface area contributed by atoms with Crippen molar-refractivity contribution in [2.75, 3.05) is 11.1 Å². The first kappa shape index (κ1) is 22.7. The molecular formula is C24H27ClN4O2S. The third kappa shape index (κ3) is 4.94. The van der Waals surface area contributed by atoms with Crippen LogP contribution in [0.4, 0.5) is 5.69 Å². The third-order valence-electron chi connectivity index (χ3n) is 5.87. The van der Waals surface area contributed by atoms with E-state index in [2.05, 4.69) is 19.2 Å². The van der Waals surface area contributed by atoms with E-state index in [4.69, 9.17) is 16.6 Å². The number of carbonyl (C=O) groups excluding carboxylic acids is 2. The second-order valence-corrected chi connectivity index (χ2v) is 9.57. The molecule has 8 heteroatoms. The van der Waals surface area contributed by atoms with Gasteiger partial charge in [0.25, 0.3) is 0 Å². The number of imidazole rings is 1. The Bertz CT molecular complexity index is 1120. The van der Waals surface area contributed by atoms with Crippen molar-refractivity contribution in [2.45, 2.75) is 56.9 Å². The molecule has 0 spiro atoms. The number of piperidine rings is 1. The fraction of sp³-hybridized carbons (Fsp3) is 0.375. The monoisotopic (exact) mass is 470 g/mol. The molecule has 1 aliphatic rings. The Morgan fingerprint density at radius 1 is 1.09 bits per heavy atom. The molecule has 2 amide bonds. The number of thioether (sulfide) groups is 1. The summed E-state index contributed by atoms with van der Waals surface area (Å²) in [6.07, 6.45) is 3.22. The predicted molar refractivity (Wildman–Crippen MR) is 130 cm³/mol. The number of para-hydroxylation sites is 3. The molecule has 3 aromatic rings.